The maximum Gasteiger partial charge on any atom is 0.230 e. The number of rotatable bonds is 5. The van der Waals surface area contributed by atoms with E-state index >= 15 is 0 Å². The maximum absolute atomic E-state index is 13.2. The molecule has 3 nitrogen and oxygen atoms in total. The summed E-state index contributed by atoms with van der Waals surface area (Å²) in [4.78, 5) is 12.8. The van der Waals surface area contributed by atoms with Crippen molar-refractivity contribution in [3.05, 3.63) is 71.5 Å². The Bertz CT molecular complexity index is 706. The normalized spacial score (nSPS) is 18.3. The van der Waals surface area contributed by atoms with Gasteiger partial charge in [0.05, 0.1) is 12.0 Å². The van der Waals surface area contributed by atoms with Crippen molar-refractivity contribution in [3.63, 3.8) is 0 Å². The van der Waals surface area contributed by atoms with E-state index in [0.29, 0.717) is 0 Å². The molecule has 1 atom stereocenters. The highest BCUT2D eigenvalue weighted by Crippen LogP contribution is 2.44. The Morgan fingerprint density at radius 1 is 1.17 bits per heavy atom. The van der Waals surface area contributed by atoms with Crippen molar-refractivity contribution in [1.82, 2.24) is 5.32 Å². The molecule has 1 fully saturated rings. The molecule has 1 unspecified atom stereocenters. The van der Waals surface area contributed by atoms with Crippen molar-refractivity contribution in [2.45, 2.75) is 37.2 Å². The van der Waals surface area contributed by atoms with Gasteiger partial charge in [0, 0.05) is 0 Å². The molecule has 0 saturated heterocycles. The summed E-state index contributed by atoms with van der Waals surface area (Å²) < 4.78 is 13.2. The van der Waals surface area contributed by atoms with Crippen LogP contribution in [0.1, 0.15) is 37.3 Å². The monoisotopic (exact) mass is 327 g/mol. The van der Waals surface area contributed by atoms with Crippen molar-refractivity contribution >= 4 is 5.91 Å². The van der Waals surface area contributed by atoms with E-state index in [4.69, 9.17) is 0 Å². The Labute approximate surface area is 141 Å². The standard InChI is InChI=1S/C20H22FNO2/c1-19(24,15-6-3-2-4-7-15)14-22-18(23)20(12-5-13-20)16-8-10-17(21)11-9-16/h2-4,6-11,24H,5,12-14H2,1H3,(H,22,23). The third-order valence-electron chi connectivity index (χ3n) is 5.03. The summed E-state index contributed by atoms with van der Waals surface area (Å²) in [5.41, 5.74) is -0.132. The Morgan fingerprint density at radius 3 is 2.33 bits per heavy atom. The van der Waals surface area contributed by atoms with Gasteiger partial charge in [-0.25, -0.2) is 4.39 Å². The SMILES string of the molecule is CC(O)(CNC(=O)C1(c2ccc(F)cc2)CCC1)c1ccccc1. The van der Waals surface area contributed by atoms with Gasteiger partial charge in [0.1, 0.15) is 11.4 Å². The van der Waals surface area contributed by atoms with Gasteiger partial charge < -0.3 is 10.4 Å². The van der Waals surface area contributed by atoms with Crippen LogP contribution in [-0.4, -0.2) is 17.6 Å². The smallest absolute Gasteiger partial charge is 0.230 e. The van der Waals surface area contributed by atoms with Crippen LogP contribution < -0.4 is 5.32 Å². The van der Waals surface area contributed by atoms with Crippen LogP contribution in [0.5, 0.6) is 0 Å². The zero-order chi connectivity index (χ0) is 17.2. The van der Waals surface area contributed by atoms with Crippen molar-refractivity contribution in [1.29, 1.82) is 0 Å². The van der Waals surface area contributed by atoms with E-state index in [9.17, 15) is 14.3 Å². The summed E-state index contributed by atoms with van der Waals surface area (Å²) in [5, 5.41) is 13.5. The minimum atomic E-state index is -1.13. The third-order valence-corrected chi connectivity index (χ3v) is 5.03. The quantitative estimate of drug-likeness (QED) is 0.885. The fraction of sp³-hybridized carbons (Fsp3) is 0.350. The van der Waals surface area contributed by atoms with E-state index in [1.54, 1.807) is 19.1 Å². The molecule has 1 saturated carbocycles. The summed E-state index contributed by atoms with van der Waals surface area (Å²) in [5.74, 6) is -0.405. The second kappa shape index (κ2) is 6.36. The van der Waals surface area contributed by atoms with E-state index in [1.165, 1.54) is 12.1 Å². The van der Waals surface area contributed by atoms with Gasteiger partial charge in [0.15, 0.2) is 0 Å². The topological polar surface area (TPSA) is 49.3 Å². The summed E-state index contributed by atoms with van der Waals surface area (Å²) >= 11 is 0. The molecule has 0 aromatic heterocycles. The average Bonchev–Trinajstić information content (AvgIpc) is 2.55. The van der Waals surface area contributed by atoms with Gasteiger partial charge in [-0.05, 0) is 43.0 Å². The van der Waals surface area contributed by atoms with Crippen LogP contribution in [0.25, 0.3) is 0 Å². The third kappa shape index (κ3) is 3.06. The van der Waals surface area contributed by atoms with E-state index in [-0.39, 0.29) is 18.3 Å². The zero-order valence-electron chi connectivity index (χ0n) is 13.8. The number of hydrogen-bond donors (Lipinski definition) is 2. The summed E-state index contributed by atoms with van der Waals surface area (Å²) in [7, 11) is 0. The molecule has 0 bridgehead atoms. The largest absolute Gasteiger partial charge is 0.384 e. The predicted molar refractivity (Wildman–Crippen MR) is 91.0 cm³/mol. The molecule has 126 valence electrons. The van der Waals surface area contributed by atoms with E-state index in [1.807, 2.05) is 30.3 Å². The fourth-order valence-corrected chi connectivity index (χ4v) is 3.27. The lowest BCUT2D eigenvalue weighted by atomic mass is 9.63. The molecule has 4 heteroatoms. The van der Waals surface area contributed by atoms with Gasteiger partial charge in [-0.1, -0.05) is 48.9 Å². The Hall–Kier alpha value is -2.20. The Balaban J connectivity index is 1.73. The lowest BCUT2D eigenvalue weighted by Gasteiger charge is -2.41. The van der Waals surface area contributed by atoms with Gasteiger partial charge in [-0.15, -0.1) is 0 Å². The summed E-state index contributed by atoms with van der Waals surface area (Å²) in [6.45, 7) is 1.83. The number of aliphatic hydroxyl groups is 1. The van der Waals surface area contributed by atoms with Gasteiger partial charge in [0.25, 0.3) is 0 Å². The first-order valence-corrected chi connectivity index (χ1v) is 8.26. The first-order chi connectivity index (χ1) is 11.4. The molecule has 3 rings (SSSR count). The van der Waals surface area contributed by atoms with Crippen molar-refractivity contribution in [3.8, 4) is 0 Å². The molecule has 0 aliphatic heterocycles. The van der Waals surface area contributed by atoms with E-state index < -0.39 is 11.0 Å². The van der Waals surface area contributed by atoms with Gasteiger partial charge in [-0.3, -0.25) is 4.79 Å². The number of hydrogen-bond acceptors (Lipinski definition) is 2. The number of amides is 1. The lowest BCUT2D eigenvalue weighted by Crippen LogP contribution is -2.52. The molecule has 2 aromatic rings. The van der Waals surface area contributed by atoms with Gasteiger partial charge in [-0.2, -0.15) is 0 Å². The van der Waals surface area contributed by atoms with Crippen LogP contribution in [0.2, 0.25) is 0 Å². The first kappa shape index (κ1) is 16.7. The molecular formula is C20H22FNO2. The molecule has 2 aromatic carbocycles. The molecule has 1 amide bonds. The maximum atomic E-state index is 13.2. The van der Waals surface area contributed by atoms with Crippen LogP contribution in [0, 0.1) is 5.82 Å². The number of carbonyl (C=O) groups excluding carboxylic acids is 1. The highest BCUT2D eigenvalue weighted by Gasteiger charge is 2.45. The zero-order valence-corrected chi connectivity index (χ0v) is 13.8. The average molecular weight is 327 g/mol. The second-order valence-corrected chi connectivity index (χ2v) is 6.77. The van der Waals surface area contributed by atoms with Crippen molar-refractivity contribution in [2.24, 2.45) is 0 Å². The van der Waals surface area contributed by atoms with Crippen LogP contribution in [-0.2, 0) is 15.8 Å². The lowest BCUT2D eigenvalue weighted by molar-refractivity contribution is -0.131. The highest BCUT2D eigenvalue weighted by molar-refractivity contribution is 5.89. The highest BCUT2D eigenvalue weighted by atomic mass is 19.1. The van der Waals surface area contributed by atoms with Crippen LogP contribution in [0.4, 0.5) is 4.39 Å². The minimum absolute atomic E-state index is 0.100. The van der Waals surface area contributed by atoms with E-state index in [0.717, 1.165) is 30.4 Å². The summed E-state index contributed by atoms with van der Waals surface area (Å²) in [6.07, 6.45) is 2.47. The van der Waals surface area contributed by atoms with Crippen molar-refractivity contribution in [2.75, 3.05) is 6.54 Å². The van der Waals surface area contributed by atoms with Crippen molar-refractivity contribution < 1.29 is 14.3 Å². The Morgan fingerprint density at radius 2 is 1.79 bits per heavy atom. The van der Waals surface area contributed by atoms with E-state index in [2.05, 4.69) is 5.32 Å². The molecular weight excluding hydrogens is 305 g/mol. The van der Waals surface area contributed by atoms with Crippen LogP contribution in [0.3, 0.4) is 0 Å². The number of carbonyl (C=O) groups is 1. The summed E-state index contributed by atoms with van der Waals surface area (Å²) in [6, 6.07) is 15.4. The number of benzene rings is 2. The van der Waals surface area contributed by atoms with Crippen LogP contribution in [0.15, 0.2) is 54.6 Å². The van der Waals surface area contributed by atoms with Gasteiger partial charge in [0.2, 0.25) is 5.91 Å². The fourth-order valence-electron chi connectivity index (χ4n) is 3.27. The molecule has 24 heavy (non-hydrogen) atoms. The second-order valence-electron chi connectivity index (χ2n) is 6.77. The molecule has 0 heterocycles. The minimum Gasteiger partial charge on any atom is -0.384 e. The number of halogens is 1. The predicted octanol–water partition coefficient (Wildman–Crippen LogP) is 3.27. The molecule has 1 aliphatic carbocycles. The molecule has 2 N–H and O–H groups in total. The molecule has 1 aliphatic rings. The molecule has 0 spiro atoms. The number of nitrogens with one attached hydrogen (secondary N) is 1. The molecule has 0 radical (unpaired) electrons. The Kier molecular flexibility index (Phi) is 4.41. The van der Waals surface area contributed by atoms with Gasteiger partial charge >= 0.3 is 0 Å². The first-order valence-electron chi connectivity index (χ1n) is 8.26. The van der Waals surface area contributed by atoms with Crippen LogP contribution >= 0.6 is 0 Å².